The molecule has 29 heavy (non-hydrogen) atoms. The van der Waals surface area contributed by atoms with E-state index in [0.717, 1.165) is 50.1 Å². The van der Waals surface area contributed by atoms with Gasteiger partial charge in [0.25, 0.3) is 0 Å². The Hall–Kier alpha value is -2.80. The van der Waals surface area contributed by atoms with E-state index in [4.69, 9.17) is 9.47 Å². The number of rotatable bonds is 8. The van der Waals surface area contributed by atoms with Crippen molar-refractivity contribution in [1.82, 2.24) is 15.2 Å². The van der Waals surface area contributed by atoms with Crippen molar-refractivity contribution < 1.29 is 9.47 Å². The van der Waals surface area contributed by atoms with Gasteiger partial charge in [0, 0.05) is 66.1 Å². The number of hydrogen-bond donors (Lipinski definition) is 1. The number of nitrogens with zero attached hydrogens (tertiary/aromatic N) is 4. The molecule has 2 aromatic rings. The van der Waals surface area contributed by atoms with Crippen molar-refractivity contribution in [3.63, 3.8) is 0 Å². The van der Waals surface area contributed by atoms with E-state index in [2.05, 4.69) is 43.3 Å². The summed E-state index contributed by atoms with van der Waals surface area (Å²) in [6.45, 7) is 5.78. The summed E-state index contributed by atoms with van der Waals surface area (Å²) in [5, 5.41) is 3.48. The first-order valence-electron chi connectivity index (χ1n) is 10.1. The molecule has 0 amide bonds. The molecule has 0 radical (unpaired) electrons. The smallest absolute Gasteiger partial charge is 0.194 e. The van der Waals surface area contributed by atoms with Crippen LogP contribution in [0.15, 0.2) is 53.7 Å². The van der Waals surface area contributed by atoms with Gasteiger partial charge in [0.2, 0.25) is 0 Å². The lowest BCUT2D eigenvalue weighted by atomic mass is 10.2. The monoisotopic (exact) mass is 397 g/mol. The van der Waals surface area contributed by atoms with Crippen molar-refractivity contribution in [3.05, 3.63) is 54.2 Å². The molecule has 3 rings (SSSR count). The van der Waals surface area contributed by atoms with Crippen LogP contribution in [0.25, 0.3) is 0 Å². The summed E-state index contributed by atoms with van der Waals surface area (Å²) >= 11 is 0. The maximum Gasteiger partial charge on any atom is 0.194 e. The molecule has 0 bridgehead atoms. The molecular weight excluding hydrogens is 366 g/mol. The Kier molecular flexibility index (Phi) is 8.12. The van der Waals surface area contributed by atoms with Crippen molar-refractivity contribution in [2.24, 2.45) is 4.99 Å². The number of benzene rings is 1. The van der Waals surface area contributed by atoms with Gasteiger partial charge in [-0.15, -0.1) is 0 Å². The number of methoxy groups -OCH3 is 1. The van der Waals surface area contributed by atoms with Gasteiger partial charge in [-0.25, -0.2) is 4.98 Å². The van der Waals surface area contributed by atoms with Crippen molar-refractivity contribution in [1.29, 1.82) is 0 Å². The summed E-state index contributed by atoms with van der Waals surface area (Å²) in [6.07, 6.45) is 2.73. The molecule has 1 aliphatic rings. The van der Waals surface area contributed by atoms with Crippen molar-refractivity contribution >= 4 is 11.8 Å². The maximum absolute atomic E-state index is 5.79. The minimum Gasteiger partial charge on any atom is -0.493 e. The lowest BCUT2D eigenvalue weighted by molar-refractivity contribution is 0.172. The van der Waals surface area contributed by atoms with Crippen LogP contribution in [0.1, 0.15) is 12.0 Å². The van der Waals surface area contributed by atoms with Crippen LogP contribution in [0.5, 0.6) is 5.75 Å². The first kappa shape index (κ1) is 20.9. The molecule has 1 N–H and O–H groups in total. The second kappa shape index (κ2) is 11.3. The molecule has 7 heteroatoms. The largest absolute Gasteiger partial charge is 0.493 e. The standard InChI is InChI=1S/C22H31N5O2/c1-23-22(27-13-11-26(12-14-27)21-9-3-4-10-24-21)25-18-19-7-5-8-20(17-19)29-16-6-15-28-2/h3-5,7-10,17H,6,11-16,18H2,1-2H3,(H,23,25). The molecule has 1 aromatic carbocycles. The molecule has 1 fully saturated rings. The molecule has 0 spiro atoms. The lowest BCUT2D eigenvalue weighted by Gasteiger charge is -2.37. The van der Waals surface area contributed by atoms with Crippen molar-refractivity contribution in [2.75, 3.05) is 58.5 Å². The number of guanidine groups is 1. The van der Waals surface area contributed by atoms with Gasteiger partial charge in [-0.2, -0.15) is 0 Å². The average Bonchev–Trinajstić information content (AvgIpc) is 2.78. The number of anilines is 1. The Morgan fingerprint density at radius 3 is 2.69 bits per heavy atom. The Bertz CT molecular complexity index is 761. The van der Waals surface area contributed by atoms with Gasteiger partial charge < -0.3 is 24.6 Å². The van der Waals surface area contributed by atoms with E-state index in [-0.39, 0.29) is 0 Å². The van der Waals surface area contributed by atoms with Gasteiger partial charge >= 0.3 is 0 Å². The summed E-state index contributed by atoms with van der Waals surface area (Å²) in [4.78, 5) is 13.5. The van der Waals surface area contributed by atoms with E-state index in [9.17, 15) is 0 Å². The number of piperazine rings is 1. The Morgan fingerprint density at radius 2 is 1.97 bits per heavy atom. The molecule has 1 aromatic heterocycles. The van der Waals surface area contributed by atoms with Crippen LogP contribution >= 0.6 is 0 Å². The minimum absolute atomic E-state index is 0.660. The van der Waals surface area contributed by atoms with Crippen molar-refractivity contribution in [3.8, 4) is 5.75 Å². The predicted octanol–water partition coefficient (Wildman–Crippen LogP) is 2.39. The van der Waals surface area contributed by atoms with E-state index < -0.39 is 0 Å². The molecule has 0 saturated carbocycles. The first-order valence-corrected chi connectivity index (χ1v) is 10.1. The third-order valence-electron chi connectivity index (χ3n) is 4.87. The van der Waals surface area contributed by atoms with Crippen LogP contribution in [-0.2, 0) is 11.3 Å². The maximum atomic E-state index is 5.79. The summed E-state index contributed by atoms with van der Waals surface area (Å²) in [7, 11) is 3.54. The number of aliphatic imine (C=N–C) groups is 1. The Balaban J connectivity index is 1.47. The van der Waals surface area contributed by atoms with Crippen LogP contribution in [-0.4, -0.2) is 69.4 Å². The molecular formula is C22H31N5O2. The number of nitrogens with one attached hydrogen (secondary N) is 1. The average molecular weight is 398 g/mol. The fraction of sp³-hybridized carbons (Fsp3) is 0.455. The fourth-order valence-electron chi connectivity index (χ4n) is 3.34. The van der Waals surface area contributed by atoms with Gasteiger partial charge in [-0.3, -0.25) is 4.99 Å². The molecule has 1 saturated heterocycles. The molecule has 7 nitrogen and oxygen atoms in total. The van der Waals surface area contributed by atoms with Gasteiger partial charge in [0.05, 0.1) is 6.61 Å². The lowest BCUT2D eigenvalue weighted by Crippen LogP contribution is -2.52. The van der Waals surface area contributed by atoms with Crippen LogP contribution in [0, 0.1) is 0 Å². The van der Waals surface area contributed by atoms with Gasteiger partial charge in [0.1, 0.15) is 11.6 Å². The quantitative estimate of drug-likeness (QED) is 0.419. The topological polar surface area (TPSA) is 62.2 Å². The predicted molar refractivity (Wildman–Crippen MR) is 117 cm³/mol. The highest BCUT2D eigenvalue weighted by Gasteiger charge is 2.20. The highest BCUT2D eigenvalue weighted by atomic mass is 16.5. The highest BCUT2D eigenvalue weighted by molar-refractivity contribution is 5.80. The second-order valence-corrected chi connectivity index (χ2v) is 6.91. The molecule has 0 atom stereocenters. The first-order chi connectivity index (χ1) is 14.3. The zero-order valence-electron chi connectivity index (χ0n) is 17.4. The number of pyridine rings is 1. The van der Waals surface area contributed by atoms with E-state index in [1.807, 2.05) is 37.5 Å². The SMILES string of the molecule is CN=C(NCc1cccc(OCCCOC)c1)N1CCN(c2ccccn2)CC1. The number of aromatic nitrogens is 1. The molecule has 2 heterocycles. The second-order valence-electron chi connectivity index (χ2n) is 6.91. The van der Waals surface area contributed by atoms with E-state index in [1.165, 1.54) is 5.56 Å². The number of hydrogen-bond acceptors (Lipinski definition) is 5. The van der Waals surface area contributed by atoms with E-state index in [0.29, 0.717) is 19.8 Å². The van der Waals surface area contributed by atoms with Crippen LogP contribution in [0.2, 0.25) is 0 Å². The molecule has 0 unspecified atom stereocenters. The Morgan fingerprint density at radius 1 is 1.10 bits per heavy atom. The normalized spacial score (nSPS) is 14.8. The van der Waals surface area contributed by atoms with Crippen LogP contribution < -0.4 is 15.0 Å². The van der Waals surface area contributed by atoms with E-state index in [1.54, 1.807) is 7.11 Å². The summed E-state index contributed by atoms with van der Waals surface area (Å²) < 4.78 is 10.8. The van der Waals surface area contributed by atoms with Gasteiger partial charge in [-0.05, 0) is 29.8 Å². The third-order valence-corrected chi connectivity index (χ3v) is 4.87. The van der Waals surface area contributed by atoms with Crippen molar-refractivity contribution in [2.45, 2.75) is 13.0 Å². The molecule has 0 aliphatic carbocycles. The van der Waals surface area contributed by atoms with Gasteiger partial charge in [-0.1, -0.05) is 18.2 Å². The zero-order chi connectivity index (χ0) is 20.3. The minimum atomic E-state index is 0.660. The van der Waals surface area contributed by atoms with E-state index >= 15 is 0 Å². The Labute approximate surface area is 173 Å². The zero-order valence-corrected chi connectivity index (χ0v) is 17.4. The number of ether oxygens (including phenoxy) is 2. The summed E-state index contributed by atoms with van der Waals surface area (Å²) in [6, 6.07) is 14.2. The fourth-order valence-corrected chi connectivity index (χ4v) is 3.34. The summed E-state index contributed by atoms with van der Waals surface area (Å²) in [5.74, 6) is 2.86. The molecule has 1 aliphatic heterocycles. The van der Waals surface area contributed by atoms with Crippen LogP contribution in [0.4, 0.5) is 5.82 Å². The van der Waals surface area contributed by atoms with Crippen LogP contribution in [0.3, 0.4) is 0 Å². The summed E-state index contributed by atoms with van der Waals surface area (Å²) in [5.41, 5.74) is 1.17. The molecule has 156 valence electrons. The highest BCUT2D eigenvalue weighted by Crippen LogP contribution is 2.15. The van der Waals surface area contributed by atoms with Gasteiger partial charge in [0.15, 0.2) is 5.96 Å². The third kappa shape index (κ3) is 6.35.